The van der Waals surface area contributed by atoms with Gasteiger partial charge in [-0.3, -0.25) is 4.68 Å². The van der Waals surface area contributed by atoms with Crippen molar-refractivity contribution < 1.29 is 14.3 Å². The van der Waals surface area contributed by atoms with Crippen molar-refractivity contribution in [3.63, 3.8) is 0 Å². The van der Waals surface area contributed by atoms with E-state index in [1.807, 2.05) is 31.4 Å². The largest absolute Gasteiger partial charge is 0.476 e. The van der Waals surface area contributed by atoms with E-state index in [9.17, 15) is 9.90 Å². The van der Waals surface area contributed by atoms with Crippen LogP contribution >= 0.6 is 11.3 Å². The molecule has 0 fully saturated rings. The first-order chi connectivity index (χ1) is 10.1. The lowest BCUT2D eigenvalue weighted by Crippen LogP contribution is -2.03. The van der Waals surface area contributed by atoms with Gasteiger partial charge in [-0.1, -0.05) is 6.07 Å². The molecule has 3 aromatic rings. The lowest BCUT2D eigenvalue weighted by Gasteiger charge is -2.01. The molecule has 0 saturated carbocycles. The maximum Gasteiger partial charge on any atom is 0.358 e. The Labute approximate surface area is 124 Å². The average Bonchev–Trinajstić information content (AvgIpc) is 3.16. The minimum absolute atomic E-state index is 0.0898. The van der Waals surface area contributed by atoms with E-state index in [2.05, 4.69) is 10.1 Å². The van der Waals surface area contributed by atoms with E-state index < -0.39 is 5.97 Å². The van der Waals surface area contributed by atoms with E-state index >= 15 is 0 Å². The fraction of sp³-hybridized carbons (Fsp3) is 0.214. The van der Waals surface area contributed by atoms with Gasteiger partial charge >= 0.3 is 5.97 Å². The number of hydrogen-bond donors (Lipinski definition) is 1. The van der Waals surface area contributed by atoms with Crippen LogP contribution in [0, 0.1) is 6.92 Å². The van der Waals surface area contributed by atoms with Gasteiger partial charge in [0.25, 0.3) is 0 Å². The molecule has 3 rings (SSSR count). The van der Waals surface area contributed by atoms with Crippen LogP contribution in [0.15, 0.2) is 28.0 Å². The zero-order valence-corrected chi connectivity index (χ0v) is 12.3. The van der Waals surface area contributed by atoms with Crippen LogP contribution in [0.2, 0.25) is 0 Å². The standard InChI is InChI=1S/C14H13N3O3S/c1-3-17-9(7-8(2)16-17)12-11(14(18)19)15-13(20-12)10-5-4-6-21-10/h4-7H,3H2,1-2H3,(H,18,19). The van der Waals surface area contributed by atoms with Crippen molar-refractivity contribution >= 4 is 17.3 Å². The second kappa shape index (κ2) is 5.17. The molecule has 0 radical (unpaired) electrons. The highest BCUT2D eigenvalue weighted by Crippen LogP contribution is 2.32. The Morgan fingerprint density at radius 1 is 1.52 bits per heavy atom. The molecule has 21 heavy (non-hydrogen) atoms. The van der Waals surface area contributed by atoms with E-state index in [0.29, 0.717) is 18.1 Å². The quantitative estimate of drug-likeness (QED) is 0.799. The summed E-state index contributed by atoms with van der Waals surface area (Å²) in [5.41, 5.74) is 1.34. The number of carboxylic acids is 1. The number of carbonyl (C=O) groups is 1. The third kappa shape index (κ3) is 2.36. The first kappa shape index (κ1) is 13.6. The normalized spacial score (nSPS) is 11.0. The molecule has 7 heteroatoms. The van der Waals surface area contributed by atoms with Crippen molar-refractivity contribution in [1.82, 2.24) is 14.8 Å². The highest BCUT2D eigenvalue weighted by molar-refractivity contribution is 7.13. The molecule has 6 nitrogen and oxygen atoms in total. The molecular weight excluding hydrogens is 290 g/mol. The topological polar surface area (TPSA) is 81.2 Å². The molecule has 0 atom stereocenters. The third-order valence-corrected chi connectivity index (χ3v) is 3.85. The smallest absolute Gasteiger partial charge is 0.358 e. The fourth-order valence-corrected chi connectivity index (χ4v) is 2.76. The van der Waals surface area contributed by atoms with Crippen LogP contribution < -0.4 is 0 Å². The number of oxazole rings is 1. The van der Waals surface area contributed by atoms with Crippen molar-refractivity contribution in [2.75, 3.05) is 0 Å². The second-order valence-corrected chi connectivity index (χ2v) is 5.41. The number of carboxylic acid groups (broad SMARTS) is 1. The van der Waals surface area contributed by atoms with Crippen LogP contribution in [0.5, 0.6) is 0 Å². The predicted molar refractivity (Wildman–Crippen MR) is 78.4 cm³/mol. The van der Waals surface area contributed by atoms with Gasteiger partial charge in [-0.15, -0.1) is 11.3 Å². The monoisotopic (exact) mass is 303 g/mol. The highest BCUT2D eigenvalue weighted by atomic mass is 32.1. The van der Waals surface area contributed by atoms with E-state index in [1.54, 1.807) is 10.7 Å². The van der Waals surface area contributed by atoms with Crippen LogP contribution in [0.4, 0.5) is 0 Å². The molecule has 1 N–H and O–H groups in total. The molecule has 0 aliphatic carbocycles. The summed E-state index contributed by atoms with van der Waals surface area (Å²) in [6.07, 6.45) is 0. The van der Waals surface area contributed by atoms with Gasteiger partial charge < -0.3 is 9.52 Å². The van der Waals surface area contributed by atoms with E-state index in [-0.39, 0.29) is 11.5 Å². The van der Waals surface area contributed by atoms with Crippen molar-refractivity contribution in [3.05, 3.63) is 35.0 Å². The summed E-state index contributed by atoms with van der Waals surface area (Å²) >= 11 is 1.45. The summed E-state index contributed by atoms with van der Waals surface area (Å²) in [6.45, 7) is 4.41. The van der Waals surface area contributed by atoms with Crippen LogP contribution in [-0.2, 0) is 6.54 Å². The third-order valence-electron chi connectivity index (χ3n) is 3.00. The summed E-state index contributed by atoms with van der Waals surface area (Å²) in [5, 5.41) is 15.6. The first-order valence-electron chi connectivity index (χ1n) is 6.43. The number of hydrogen-bond acceptors (Lipinski definition) is 5. The van der Waals surface area contributed by atoms with Gasteiger partial charge in [-0.2, -0.15) is 5.10 Å². The van der Waals surface area contributed by atoms with Gasteiger partial charge in [-0.05, 0) is 31.4 Å². The maximum absolute atomic E-state index is 11.4. The summed E-state index contributed by atoms with van der Waals surface area (Å²) in [4.78, 5) is 16.3. The molecule has 3 aromatic heterocycles. The van der Waals surface area contributed by atoms with Crippen molar-refractivity contribution in [2.45, 2.75) is 20.4 Å². The number of thiophene rings is 1. The lowest BCUT2D eigenvalue weighted by atomic mass is 10.2. The van der Waals surface area contributed by atoms with Crippen molar-refractivity contribution in [3.8, 4) is 22.2 Å². The van der Waals surface area contributed by atoms with Crippen LogP contribution in [0.3, 0.4) is 0 Å². The predicted octanol–water partition coefficient (Wildman–Crippen LogP) is 3.29. The molecule has 0 aliphatic heterocycles. The molecule has 3 heterocycles. The van der Waals surface area contributed by atoms with Gasteiger partial charge in [0, 0.05) is 6.54 Å². The Morgan fingerprint density at radius 2 is 2.33 bits per heavy atom. The fourth-order valence-electron chi connectivity index (χ4n) is 2.11. The van der Waals surface area contributed by atoms with Crippen LogP contribution in [0.25, 0.3) is 22.2 Å². The number of rotatable bonds is 4. The van der Waals surface area contributed by atoms with Gasteiger partial charge in [0.15, 0.2) is 11.5 Å². The Morgan fingerprint density at radius 3 is 2.95 bits per heavy atom. The van der Waals surface area contributed by atoms with Gasteiger partial charge in [0.1, 0.15) is 5.69 Å². The maximum atomic E-state index is 11.4. The number of aromatic carboxylic acids is 1. The summed E-state index contributed by atoms with van der Waals surface area (Å²) in [7, 11) is 0. The Hall–Kier alpha value is -2.41. The molecule has 0 unspecified atom stereocenters. The molecule has 0 aromatic carbocycles. The van der Waals surface area contributed by atoms with E-state index in [4.69, 9.17) is 4.42 Å². The highest BCUT2D eigenvalue weighted by Gasteiger charge is 2.24. The van der Waals surface area contributed by atoms with Crippen molar-refractivity contribution in [2.24, 2.45) is 0 Å². The zero-order chi connectivity index (χ0) is 15.0. The minimum Gasteiger partial charge on any atom is -0.476 e. The Kier molecular flexibility index (Phi) is 3.34. The van der Waals surface area contributed by atoms with Gasteiger partial charge in [-0.25, -0.2) is 9.78 Å². The minimum atomic E-state index is -1.11. The number of aromatic nitrogens is 3. The lowest BCUT2D eigenvalue weighted by molar-refractivity contribution is 0.0691. The summed E-state index contributed by atoms with van der Waals surface area (Å²) in [6, 6.07) is 5.51. The molecular formula is C14H13N3O3S. The summed E-state index contributed by atoms with van der Waals surface area (Å²) in [5.74, 6) is -0.551. The molecule has 0 spiro atoms. The zero-order valence-electron chi connectivity index (χ0n) is 11.5. The molecule has 0 aliphatic rings. The number of nitrogens with zero attached hydrogens (tertiary/aromatic N) is 3. The van der Waals surface area contributed by atoms with Gasteiger partial charge in [0.05, 0.1) is 10.6 Å². The molecule has 0 saturated heterocycles. The van der Waals surface area contributed by atoms with Crippen LogP contribution in [-0.4, -0.2) is 25.8 Å². The van der Waals surface area contributed by atoms with Gasteiger partial charge in [0.2, 0.25) is 5.89 Å². The first-order valence-corrected chi connectivity index (χ1v) is 7.31. The summed E-state index contributed by atoms with van der Waals surface area (Å²) < 4.78 is 7.43. The molecule has 0 amide bonds. The molecule has 0 bridgehead atoms. The van der Waals surface area contributed by atoms with E-state index in [0.717, 1.165) is 10.6 Å². The number of aryl methyl sites for hydroxylation is 2. The Balaban J connectivity index is 2.19. The SMILES string of the molecule is CCn1nc(C)cc1-c1oc(-c2cccs2)nc1C(=O)O. The average molecular weight is 303 g/mol. The Bertz CT molecular complexity index is 787. The van der Waals surface area contributed by atoms with E-state index in [1.165, 1.54) is 11.3 Å². The van der Waals surface area contributed by atoms with Crippen LogP contribution in [0.1, 0.15) is 23.1 Å². The second-order valence-electron chi connectivity index (χ2n) is 4.47. The van der Waals surface area contributed by atoms with Crippen molar-refractivity contribution in [1.29, 1.82) is 0 Å². The molecule has 108 valence electrons.